The van der Waals surface area contributed by atoms with E-state index in [4.69, 9.17) is 4.74 Å². The number of piperazine rings is 1. The van der Waals surface area contributed by atoms with Gasteiger partial charge in [0.05, 0.1) is 13.2 Å². The molecule has 0 atom stereocenters. The van der Waals surface area contributed by atoms with Crippen LogP contribution in [0, 0.1) is 11.6 Å². The number of rotatable bonds is 2. The molecule has 138 valence electrons. The largest absolute Gasteiger partial charge is 0.378 e. The Kier molecular flexibility index (Phi) is 5.21. The number of ether oxygens (including phenoxy) is 1. The van der Waals surface area contributed by atoms with E-state index in [1.165, 1.54) is 0 Å². The number of morpholine rings is 1. The first-order valence-electron chi connectivity index (χ1n) is 7.96. The fourth-order valence-electron chi connectivity index (χ4n) is 2.89. The summed E-state index contributed by atoms with van der Waals surface area (Å²) in [6, 6.07) is 2.18. The summed E-state index contributed by atoms with van der Waals surface area (Å²) in [5.41, 5.74) is 0. The fourth-order valence-corrected chi connectivity index (χ4v) is 4.39. The number of hydrogen-bond donors (Lipinski definition) is 0. The second-order valence-corrected chi connectivity index (χ2v) is 7.75. The second kappa shape index (κ2) is 7.22. The number of urea groups is 1. The number of carbonyl (C=O) groups is 1. The van der Waals surface area contributed by atoms with Gasteiger partial charge in [0.25, 0.3) is 0 Å². The van der Waals surface area contributed by atoms with Crippen LogP contribution in [0.5, 0.6) is 0 Å². The number of halogens is 2. The Bertz CT molecular complexity index is 745. The Morgan fingerprint density at radius 3 is 2.20 bits per heavy atom. The van der Waals surface area contributed by atoms with E-state index in [0.29, 0.717) is 32.4 Å². The quantitative estimate of drug-likeness (QED) is 0.764. The normalized spacial score (nSPS) is 19.9. The molecule has 2 amide bonds. The molecule has 2 aliphatic heterocycles. The second-order valence-electron chi connectivity index (χ2n) is 5.85. The van der Waals surface area contributed by atoms with Crippen LogP contribution >= 0.6 is 0 Å². The first-order chi connectivity index (χ1) is 11.9. The van der Waals surface area contributed by atoms with Crippen LogP contribution < -0.4 is 0 Å². The minimum absolute atomic E-state index is 0.0361. The van der Waals surface area contributed by atoms with Crippen LogP contribution in [-0.4, -0.2) is 81.0 Å². The van der Waals surface area contributed by atoms with Gasteiger partial charge in [0.1, 0.15) is 16.5 Å². The molecule has 1 aromatic carbocycles. The highest BCUT2D eigenvalue weighted by molar-refractivity contribution is 7.89. The first-order valence-corrected chi connectivity index (χ1v) is 9.40. The maximum atomic E-state index is 13.8. The fraction of sp³-hybridized carbons (Fsp3) is 0.533. The van der Waals surface area contributed by atoms with E-state index in [2.05, 4.69) is 0 Å². The van der Waals surface area contributed by atoms with E-state index in [1.807, 2.05) is 0 Å². The van der Waals surface area contributed by atoms with Gasteiger partial charge in [0.15, 0.2) is 0 Å². The lowest BCUT2D eigenvalue weighted by Crippen LogP contribution is -2.55. The van der Waals surface area contributed by atoms with Crippen molar-refractivity contribution in [2.24, 2.45) is 0 Å². The smallest absolute Gasteiger partial charge is 0.320 e. The standard InChI is InChI=1S/C15H19F2N3O4S/c16-12-1-2-13(17)14(11-12)25(22,23)20-5-3-18(4-6-20)15(21)19-7-9-24-10-8-19/h1-2,11H,3-10H2. The number of sulfonamides is 1. The van der Waals surface area contributed by atoms with Gasteiger partial charge < -0.3 is 14.5 Å². The summed E-state index contributed by atoms with van der Waals surface area (Å²) in [5, 5.41) is 0. The van der Waals surface area contributed by atoms with Crippen molar-refractivity contribution >= 4 is 16.1 Å². The molecule has 2 aliphatic rings. The van der Waals surface area contributed by atoms with Crippen molar-refractivity contribution in [3.05, 3.63) is 29.8 Å². The van der Waals surface area contributed by atoms with Crippen LogP contribution in [-0.2, 0) is 14.8 Å². The van der Waals surface area contributed by atoms with Crippen molar-refractivity contribution in [1.82, 2.24) is 14.1 Å². The molecule has 0 radical (unpaired) electrons. The predicted octanol–water partition coefficient (Wildman–Crippen LogP) is 0.723. The molecule has 0 aliphatic carbocycles. The topological polar surface area (TPSA) is 70.2 Å². The van der Waals surface area contributed by atoms with E-state index in [0.717, 1.165) is 16.4 Å². The summed E-state index contributed by atoms with van der Waals surface area (Å²) in [6.45, 7) is 2.46. The number of carbonyl (C=O) groups excluding carboxylic acids is 1. The summed E-state index contributed by atoms with van der Waals surface area (Å²) in [6.07, 6.45) is 0. The highest BCUT2D eigenvalue weighted by Crippen LogP contribution is 2.22. The third-order valence-corrected chi connectivity index (χ3v) is 6.22. The Morgan fingerprint density at radius 1 is 0.960 bits per heavy atom. The molecule has 0 unspecified atom stereocenters. The first kappa shape index (κ1) is 18.0. The molecule has 3 rings (SSSR count). The van der Waals surface area contributed by atoms with Gasteiger partial charge in [-0.1, -0.05) is 0 Å². The lowest BCUT2D eigenvalue weighted by atomic mass is 10.3. The minimum Gasteiger partial charge on any atom is -0.378 e. The van der Waals surface area contributed by atoms with Gasteiger partial charge in [0.2, 0.25) is 10.0 Å². The van der Waals surface area contributed by atoms with Crippen molar-refractivity contribution in [3.63, 3.8) is 0 Å². The minimum atomic E-state index is -4.14. The van der Waals surface area contributed by atoms with Gasteiger partial charge >= 0.3 is 6.03 Å². The third-order valence-electron chi connectivity index (χ3n) is 4.30. The number of benzene rings is 1. The molecule has 2 saturated heterocycles. The molecular weight excluding hydrogens is 356 g/mol. The third kappa shape index (κ3) is 3.75. The van der Waals surface area contributed by atoms with Gasteiger partial charge in [-0.3, -0.25) is 0 Å². The molecule has 10 heteroatoms. The van der Waals surface area contributed by atoms with Crippen molar-refractivity contribution < 1.29 is 26.7 Å². The number of nitrogens with zero attached hydrogens (tertiary/aromatic N) is 3. The Balaban J connectivity index is 1.67. The van der Waals surface area contributed by atoms with Crippen LogP contribution in [0.3, 0.4) is 0 Å². The van der Waals surface area contributed by atoms with Gasteiger partial charge in [-0.25, -0.2) is 22.0 Å². The zero-order valence-electron chi connectivity index (χ0n) is 13.5. The van der Waals surface area contributed by atoms with Crippen LogP contribution in [0.4, 0.5) is 13.6 Å². The van der Waals surface area contributed by atoms with Crippen molar-refractivity contribution in [2.75, 3.05) is 52.5 Å². The highest BCUT2D eigenvalue weighted by atomic mass is 32.2. The highest BCUT2D eigenvalue weighted by Gasteiger charge is 2.33. The molecular formula is C15H19F2N3O4S. The van der Waals surface area contributed by atoms with E-state index < -0.39 is 26.6 Å². The SMILES string of the molecule is O=C(N1CCOCC1)N1CCN(S(=O)(=O)c2cc(F)ccc2F)CC1. The molecule has 0 saturated carbocycles. The number of hydrogen-bond acceptors (Lipinski definition) is 4. The Hall–Kier alpha value is -1.78. The van der Waals surface area contributed by atoms with E-state index in [1.54, 1.807) is 9.80 Å². The van der Waals surface area contributed by atoms with Gasteiger partial charge in [0, 0.05) is 39.3 Å². The van der Waals surface area contributed by atoms with Crippen molar-refractivity contribution in [1.29, 1.82) is 0 Å². The molecule has 1 aromatic rings. The maximum absolute atomic E-state index is 13.8. The Labute approximate surface area is 144 Å². The molecule has 7 nitrogen and oxygen atoms in total. The molecule has 0 spiro atoms. The van der Waals surface area contributed by atoms with E-state index in [-0.39, 0.29) is 32.2 Å². The molecule has 2 fully saturated rings. The van der Waals surface area contributed by atoms with Crippen LogP contribution in [0.25, 0.3) is 0 Å². The number of amides is 2. The Morgan fingerprint density at radius 2 is 1.56 bits per heavy atom. The van der Waals surface area contributed by atoms with Crippen LogP contribution in [0.2, 0.25) is 0 Å². The van der Waals surface area contributed by atoms with Crippen molar-refractivity contribution in [3.8, 4) is 0 Å². The monoisotopic (exact) mass is 375 g/mol. The molecule has 25 heavy (non-hydrogen) atoms. The zero-order chi connectivity index (χ0) is 18.0. The summed E-state index contributed by atoms with van der Waals surface area (Å²) in [4.78, 5) is 15.0. The van der Waals surface area contributed by atoms with Gasteiger partial charge in [-0.15, -0.1) is 0 Å². The zero-order valence-corrected chi connectivity index (χ0v) is 14.3. The summed E-state index contributed by atoms with van der Waals surface area (Å²) < 4.78 is 58.4. The van der Waals surface area contributed by atoms with Gasteiger partial charge in [-0.05, 0) is 18.2 Å². The van der Waals surface area contributed by atoms with Crippen LogP contribution in [0.15, 0.2) is 23.1 Å². The predicted molar refractivity (Wildman–Crippen MR) is 84.5 cm³/mol. The maximum Gasteiger partial charge on any atom is 0.320 e. The van der Waals surface area contributed by atoms with Crippen LogP contribution in [0.1, 0.15) is 0 Å². The van der Waals surface area contributed by atoms with E-state index >= 15 is 0 Å². The average molecular weight is 375 g/mol. The van der Waals surface area contributed by atoms with E-state index in [9.17, 15) is 22.0 Å². The lowest BCUT2D eigenvalue weighted by molar-refractivity contribution is 0.0405. The molecule has 2 heterocycles. The summed E-state index contributed by atoms with van der Waals surface area (Å²) in [7, 11) is -4.14. The summed E-state index contributed by atoms with van der Waals surface area (Å²) >= 11 is 0. The molecule has 0 N–H and O–H groups in total. The van der Waals surface area contributed by atoms with Gasteiger partial charge in [-0.2, -0.15) is 4.31 Å². The lowest BCUT2D eigenvalue weighted by Gasteiger charge is -2.38. The summed E-state index contributed by atoms with van der Waals surface area (Å²) in [5.74, 6) is -1.81. The average Bonchev–Trinajstić information content (AvgIpc) is 2.64. The molecule has 0 bridgehead atoms. The van der Waals surface area contributed by atoms with Crippen molar-refractivity contribution in [2.45, 2.75) is 4.90 Å². The molecule has 0 aromatic heterocycles.